The molecule has 284 valence electrons. The summed E-state index contributed by atoms with van der Waals surface area (Å²) in [6.07, 6.45) is 43.1. The molecule has 0 aromatic heterocycles. The average Bonchev–Trinajstić information content (AvgIpc) is 3.45. The van der Waals surface area contributed by atoms with Crippen molar-refractivity contribution in [1.82, 2.24) is 0 Å². The Hall–Kier alpha value is -1.57. The molecule has 0 aliphatic heterocycles. The van der Waals surface area contributed by atoms with Gasteiger partial charge in [0.2, 0.25) is 0 Å². The normalized spacial score (nSPS) is 32.3. The fourth-order valence-corrected chi connectivity index (χ4v) is 11.7. The highest BCUT2D eigenvalue weighted by Gasteiger charge is 2.59. The van der Waals surface area contributed by atoms with E-state index in [2.05, 4.69) is 91.0 Å². The molecule has 50 heavy (non-hydrogen) atoms. The molecule has 0 amide bonds. The lowest BCUT2D eigenvalue weighted by Gasteiger charge is -2.58. The molecule has 9 unspecified atom stereocenters. The van der Waals surface area contributed by atoms with Gasteiger partial charge in [0, 0.05) is 12.8 Å². The molecule has 4 aliphatic carbocycles. The second kappa shape index (κ2) is 20.6. The number of allylic oxidation sites excluding steroid dienone is 7. The largest absolute Gasteiger partial charge is 0.462 e. The van der Waals surface area contributed by atoms with Crippen LogP contribution in [-0.4, -0.2) is 12.1 Å². The van der Waals surface area contributed by atoms with Gasteiger partial charge >= 0.3 is 5.97 Å². The summed E-state index contributed by atoms with van der Waals surface area (Å²) >= 11 is 0. The van der Waals surface area contributed by atoms with Crippen LogP contribution in [0.25, 0.3) is 0 Å². The van der Waals surface area contributed by atoms with E-state index in [0.29, 0.717) is 17.3 Å². The van der Waals surface area contributed by atoms with Crippen LogP contribution < -0.4 is 0 Å². The van der Waals surface area contributed by atoms with Crippen molar-refractivity contribution in [2.75, 3.05) is 0 Å². The van der Waals surface area contributed by atoms with E-state index in [4.69, 9.17) is 4.74 Å². The standard InChI is InChI=1S/C48H80O2/c1-8-10-11-12-13-14-15-16-17-18-19-20-21-22-23-24-25-46(49)50-41-32-34-47(6)40(36-41)28-29-42-44-31-30-43(48(44,7)35-33-45(42)47)38(5)26-27-39(9-2)37(3)4/h10-11,13-14,16-17,28,37-39,41-45H,8-9,12,15,18-27,29-36H2,1-7H3/b11-10+,14-13+,17-16+. The fourth-order valence-electron chi connectivity index (χ4n) is 11.7. The Morgan fingerprint density at radius 3 is 2.24 bits per heavy atom. The van der Waals surface area contributed by atoms with Gasteiger partial charge in [-0.25, -0.2) is 0 Å². The van der Waals surface area contributed by atoms with E-state index >= 15 is 0 Å². The second-order valence-corrected chi connectivity index (χ2v) is 18.3. The maximum absolute atomic E-state index is 12.8. The molecule has 2 heteroatoms. The molecule has 3 fully saturated rings. The third kappa shape index (κ3) is 11.0. The number of esters is 1. The molecule has 0 spiro atoms. The number of rotatable bonds is 21. The minimum absolute atomic E-state index is 0.0478. The van der Waals surface area contributed by atoms with E-state index in [1.807, 2.05) is 0 Å². The lowest BCUT2D eigenvalue weighted by atomic mass is 9.47. The van der Waals surface area contributed by atoms with Crippen LogP contribution in [0.15, 0.2) is 48.1 Å². The van der Waals surface area contributed by atoms with Gasteiger partial charge in [0.05, 0.1) is 0 Å². The first-order valence-electron chi connectivity index (χ1n) is 22.0. The summed E-state index contributed by atoms with van der Waals surface area (Å²) in [7, 11) is 0. The Kier molecular flexibility index (Phi) is 17.0. The third-order valence-electron chi connectivity index (χ3n) is 14.9. The fraction of sp³-hybridized carbons (Fsp3) is 0.812. The summed E-state index contributed by atoms with van der Waals surface area (Å²) in [6.45, 7) is 17.3. The number of fused-ring (bicyclic) bond motifs is 5. The van der Waals surface area contributed by atoms with Crippen LogP contribution in [-0.2, 0) is 9.53 Å². The van der Waals surface area contributed by atoms with Crippen molar-refractivity contribution in [3.8, 4) is 0 Å². The maximum atomic E-state index is 12.8. The molecule has 9 atom stereocenters. The first-order valence-corrected chi connectivity index (χ1v) is 22.0. The molecule has 0 radical (unpaired) electrons. The zero-order valence-corrected chi connectivity index (χ0v) is 34.0. The highest BCUT2D eigenvalue weighted by Crippen LogP contribution is 2.67. The Morgan fingerprint density at radius 1 is 0.820 bits per heavy atom. The minimum Gasteiger partial charge on any atom is -0.462 e. The Labute approximate surface area is 310 Å². The Bertz CT molecular complexity index is 1120. The van der Waals surface area contributed by atoms with Gasteiger partial charge in [-0.05, 0) is 142 Å². The smallest absolute Gasteiger partial charge is 0.306 e. The molecule has 0 N–H and O–H groups in total. The highest BCUT2D eigenvalue weighted by molar-refractivity contribution is 5.69. The van der Waals surface area contributed by atoms with Crippen LogP contribution in [0.4, 0.5) is 0 Å². The number of ether oxygens (including phenoxy) is 1. The maximum Gasteiger partial charge on any atom is 0.306 e. The predicted molar refractivity (Wildman–Crippen MR) is 216 cm³/mol. The lowest BCUT2D eigenvalue weighted by molar-refractivity contribution is -0.151. The lowest BCUT2D eigenvalue weighted by Crippen LogP contribution is -2.51. The molecule has 0 bridgehead atoms. The van der Waals surface area contributed by atoms with Crippen molar-refractivity contribution in [2.45, 2.75) is 196 Å². The topological polar surface area (TPSA) is 26.3 Å². The Morgan fingerprint density at radius 2 is 1.52 bits per heavy atom. The van der Waals surface area contributed by atoms with Crippen LogP contribution in [0.1, 0.15) is 190 Å². The zero-order valence-electron chi connectivity index (χ0n) is 34.0. The quantitative estimate of drug-likeness (QED) is 0.0681. The van der Waals surface area contributed by atoms with E-state index in [1.165, 1.54) is 89.9 Å². The van der Waals surface area contributed by atoms with Crippen molar-refractivity contribution >= 4 is 5.97 Å². The van der Waals surface area contributed by atoms with Gasteiger partial charge in [-0.3, -0.25) is 4.79 Å². The van der Waals surface area contributed by atoms with Crippen molar-refractivity contribution in [3.05, 3.63) is 48.1 Å². The first kappa shape index (κ1) is 41.2. The van der Waals surface area contributed by atoms with Crippen LogP contribution in [0, 0.1) is 52.3 Å². The van der Waals surface area contributed by atoms with Crippen molar-refractivity contribution in [3.63, 3.8) is 0 Å². The molecule has 4 rings (SSSR count). The number of hydrogen-bond donors (Lipinski definition) is 0. The van der Waals surface area contributed by atoms with Crippen LogP contribution in [0.5, 0.6) is 0 Å². The van der Waals surface area contributed by atoms with Gasteiger partial charge in [-0.2, -0.15) is 0 Å². The van der Waals surface area contributed by atoms with E-state index in [9.17, 15) is 4.79 Å². The summed E-state index contributed by atoms with van der Waals surface area (Å²) in [6, 6.07) is 0. The van der Waals surface area contributed by atoms with Gasteiger partial charge in [0.15, 0.2) is 0 Å². The van der Waals surface area contributed by atoms with E-state index < -0.39 is 0 Å². The monoisotopic (exact) mass is 689 g/mol. The van der Waals surface area contributed by atoms with Crippen molar-refractivity contribution < 1.29 is 9.53 Å². The highest BCUT2D eigenvalue weighted by atomic mass is 16.5. The summed E-state index contributed by atoms with van der Waals surface area (Å²) in [5.74, 6) is 6.12. The summed E-state index contributed by atoms with van der Waals surface area (Å²) in [5, 5.41) is 0. The van der Waals surface area contributed by atoms with Crippen LogP contribution >= 0.6 is 0 Å². The molecule has 3 saturated carbocycles. The molecule has 0 aromatic carbocycles. The molecule has 0 saturated heterocycles. The molecular formula is C48H80O2. The van der Waals surface area contributed by atoms with Gasteiger partial charge in [-0.15, -0.1) is 0 Å². The summed E-state index contributed by atoms with van der Waals surface area (Å²) in [5.41, 5.74) is 2.50. The Balaban J connectivity index is 1.13. The van der Waals surface area contributed by atoms with Gasteiger partial charge in [0.25, 0.3) is 0 Å². The molecule has 2 nitrogen and oxygen atoms in total. The number of unbranched alkanes of at least 4 members (excludes halogenated alkanes) is 6. The van der Waals surface area contributed by atoms with E-state index in [1.54, 1.807) is 5.57 Å². The molecule has 0 aromatic rings. The van der Waals surface area contributed by atoms with Crippen molar-refractivity contribution in [1.29, 1.82) is 0 Å². The average molecular weight is 689 g/mol. The second-order valence-electron chi connectivity index (χ2n) is 18.3. The molecule has 0 heterocycles. The minimum atomic E-state index is 0.0478. The number of carbonyl (C=O) groups is 1. The van der Waals surface area contributed by atoms with Gasteiger partial charge in [-0.1, -0.05) is 135 Å². The van der Waals surface area contributed by atoms with Crippen molar-refractivity contribution in [2.24, 2.45) is 52.3 Å². The van der Waals surface area contributed by atoms with Gasteiger partial charge in [0.1, 0.15) is 6.10 Å². The first-order chi connectivity index (χ1) is 24.1. The number of hydrogen-bond acceptors (Lipinski definition) is 2. The van der Waals surface area contributed by atoms with E-state index in [-0.39, 0.29) is 12.1 Å². The predicted octanol–water partition coefficient (Wildman–Crippen LogP) is 14.6. The SMILES string of the molecule is CC/C=C/C/C=C/C/C=C/CCCCCCCCC(=O)OC1CCC2(C)C(=CCC3C2CCC2(C)C(C(C)CCC(CC)C(C)C)CCC32)C1. The number of carbonyl (C=O) groups excluding carboxylic acids is 1. The molecule has 4 aliphatic rings. The van der Waals surface area contributed by atoms with Crippen LogP contribution in [0.2, 0.25) is 0 Å². The van der Waals surface area contributed by atoms with Crippen LogP contribution in [0.3, 0.4) is 0 Å². The van der Waals surface area contributed by atoms with E-state index in [0.717, 1.165) is 86.4 Å². The summed E-state index contributed by atoms with van der Waals surface area (Å²) in [4.78, 5) is 12.8. The molecular weight excluding hydrogens is 609 g/mol. The summed E-state index contributed by atoms with van der Waals surface area (Å²) < 4.78 is 6.14. The van der Waals surface area contributed by atoms with Gasteiger partial charge < -0.3 is 4.74 Å². The zero-order chi connectivity index (χ0) is 36.0. The third-order valence-corrected chi connectivity index (χ3v) is 14.9.